The van der Waals surface area contributed by atoms with Crippen molar-refractivity contribution in [3.63, 3.8) is 0 Å². The average molecular weight is 429 g/mol. The summed E-state index contributed by atoms with van der Waals surface area (Å²) in [5.74, 6) is 1.84. The Labute approximate surface area is 183 Å². The van der Waals surface area contributed by atoms with Crippen molar-refractivity contribution >= 4 is 29.2 Å². The highest BCUT2D eigenvalue weighted by Crippen LogP contribution is 2.38. The Morgan fingerprint density at radius 2 is 1.83 bits per heavy atom. The van der Waals surface area contributed by atoms with Crippen LogP contribution in [0.5, 0.6) is 5.75 Å². The fourth-order valence-electron chi connectivity index (χ4n) is 4.01. The van der Waals surface area contributed by atoms with Gasteiger partial charge in [-0.05, 0) is 60.9 Å². The summed E-state index contributed by atoms with van der Waals surface area (Å²) in [5, 5.41) is 5.37. The predicted octanol–water partition coefficient (Wildman–Crippen LogP) is 6.14. The molecule has 0 bridgehead atoms. The van der Waals surface area contributed by atoms with Gasteiger partial charge in [0.25, 0.3) is 5.91 Å². The van der Waals surface area contributed by atoms with Crippen molar-refractivity contribution in [2.75, 3.05) is 5.32 Å². The molecule has 3 unspecified atom stereocenters. The average Bonchev–Trinajstić information content (AvgIpc) is 2.70. The molecule has 6 heteroatoms. The zero-order chi connectivity index (χ0) is 21.7. The van der Waals surface area contributed by atoms with Gasteiger partial charge in [-0.3, -0.25) is 10.1 Å². The molecule has 5 nitrogen and oxygen atoms in total. The van der Waals surface area contributed by atoms with Gasteiger partial charge in [-0.25, -0.2) is 4.79 Å². The maximum atomic E-state index is 12.1. The van der Waals surface area contributed by atoms with Gasteiger partial charge in [0, 0.05) is 11.3 Å². The van der Waals surface area contributed by atoms with E-state index in [9.17, 15) is 9.59 Å². The molecule has 3 amide bonds. The van der Waals surface area contributed by atoms with E-state index in [1.54, 1.807) is 48.5 Å². The number of imide groups is 1. The molecule has 0 saturated heterocycles. The lowest BCUT2D eigenvalue weighted by Crippen LogP contribution is -2.36. The van der Waals surface area contributed by atoms with Crippen LogP contribution in [-0.4, -0.2) is 18.0 Å². The van der Waals surface area contributed by atoms with E-state index in [-0.39, 0.29) is 6.10 Å². The monoisotopic (exact) mass is 428 g/mol. The van der Waals surface area contributed by atoms with Gasteiger partial charge in [0.15, 0.2) is 0 Å². The van der Waals surface area contributed by atoms with E-state index in [0.29, 0.717) is 39.8 Å². The number of carbonyl (C=O) groups excluding carboxylic acids is 2. The summed E-state index contributed by atoms with van der Waals surface area (Å²) in [7, 11) is 0. The zero-order valence-corrected chi connectivity index (χ0v) is 18.4. The number of carbonyl (C=O) groups is 2. The van der Waals surface area contributed by atoms with E-state index >= 15 is 0 Å². The van der Waals surface area contributed by atoms with Crippen LogP contribution in [0.25, 0.3) is 0 Å². The number of hydrogen-bond donors (Lipinski definition) is 2. The third-order valence-electron chi connectivity index (χ3n) is 5.69. The second-order valence-corrected chi connectivity index (χ2v) is 8.81. The van der Waals surface area contributed by atoms with Crippen LogP contribution in [0, 0.1) is 17.8 Å². The second kappa shape index (κ2) is 9.98. The highest BCUT2D eigenvalue weighted by atomic mass is 35.5. The molecule has 0 heterocycles. The molecule has 160 valence electrons. The summed E-state index contributed by atoms with van der Waals surface area (Å²) in [6, 6.07) is 13.1. The van der Waals surface area contributed by atoms with Crippen LogP contribution >= 0.6 is 11.6 Å². The van der Waals surface area contributed by atoms with E-state index < -0.39 is 11.9 Å². The standard InChI is InChI=1S/C24H29ClN2O3/c1-15(2)19-11-9-16(3)13-22(19)30-21-12-10-18(14-20(21)25)26-24(29)27-23(28)17-7-5-4-6-8-17/h4-8,10,12,14-16,19,22H,9,11,13H2,1-3H3,(H2,26,27,28,29). The van der Waals surface area contributed by atoms with Crippen LogP contribution in [0.1, 0.15) is 50.4 Å². The highest BCUT2D eigenvalue weighted by molar-refractivity contribution is 6.32. The molecule has 30 heavy (non-hydrogen) atoms. The fraction of sp³-hybridized carbons (Fsp3) is 0.417. The largest absolute Gasteiger partial charge is 0.489 e. The van der Waals surface area contributed by atoms with E-state index in [4.69, 9.17) is 16.3 Å². The van der Waals surface area contributed by atoms with Gasteiger partial charge in [0.2, 0.25) is 0 Å². The minimum absolute atomic E-state index is 0.136. The van der Waals surface area contributed by atoms with Gasteiger partial charge in [0.1, 0.15) is 11.9 Å². The van der Waals surface area contributed by atoms with Crippen LogP contribution in [0.3, 0.4) is 0 Å². The molecule has 2 N–H and O–H groups in total. The third-order valence-corrected chi connectivity index (χ3v) is 5.99. The fourth-order valence-corrected chi connectivity index (χ4v) is 4.24. The van der Waals surface area contributed by atoms with E-state index in [1.165, 1.54) is 6.42 Å². The van der Waals surface area contributed by atoms with Crippen molar-refractivity contribution in [2.45, 2.75) is 46.1 Å². The van der Waals surface area contributed by atoms with E-state index in [0.717, 1.165) is 12.8 Å². The number of benzene rings is 2. The molecular formula is C24H29ClN2O3. The first-order chi connectivity index (χ1) is 14.3. The minimum atomic E-state index is -0.616. The smallest absolute Gasteiger partial charge is 0.326 e. The second-order valence-electron chi connectivity index (χ2n) is 8.40. The number of ether oxygens (including phenoxy) is 1. The summed E-state index contributed by atoms with van der Waals surface area (Å²) >= 11 is 6.43. The highest BCUT2D eigenvalue weighted by Gasteiger charge is 2.32. The molecule has 0 spiro atoms. The lowest BCUT2D eigenvalue weighted by molar-refractivity contribution is 0.0461. The molecule has 1 saturated carbocycles. The Morgan fingerprint density at radius 1 is 1.10 bits per heavy atom. The molecule has 0 aromatic heterocycles. The van der Waals surface area contributed by atoms with Crippen LogP contribution in [0.4, 0.5) is 10.5 Å². The first kappa shape index (κ1) is 22.2. The van der Waals surface area contributed by atoms with Gasteiger partial charge in [-0.2, -0.15) is 0 Å². The van der Waals surface area contributed by atoms with Crippen molar-refractivity contribution in [3.8, 4) is 5.75 Å². The first-order valence-corrected chi connectivity index (χ1v) is 10.8. The number of amides is 3. The van der Waals surface area contributed by atoms with Gasteiger partial charge < -0.3 is 10.1 Å². The molecule has 0 aliphatic heterocycles. The third kappa shape index (κ3) is 5.76. The molecule has 2 aromatic rings. The predicted molar refractivity (Wildman–Crippen MR) is 120 cm³/mol. The summed E-state index contributed by atoms with van der Waals surface area (Å²) in [6.07, 6.45) is 3.55. The molecule has 3 atom stereocenters. The molecule has 1 aliphatic rings. The Hall–Kier alpha value is -2.53. The van der Waals surface area contributed by atoms with Crippen molar-refractivity contribution in [2.24, 2.45) is 17.8 Å². The van der Waals surface area contributed by atoms with Gasteiger partial charge in [-0.15, -0.1) is 0 Å². The van der Waals surface area contributed by atoms with Gasteiger partial charge >= 0.3 is 6.03 Å². The summed E-state index contributed by atoms with van der Waals surface area (Å²) < 4.78 is 6.30. The van der Waals surface area contributed by atoms with E-state index in [2.05, 4.69) is 31.4 Å². The first-order valence-electron chi connectivity index (χ1n) is 10.5. The molecule has 1 fully saturated rings. The lowest BCUT2D eigenvalue weighted by Gasteiger charge is -2.37. The number of rotatable bonds is 5. The Bertz CT molecular complexity index is 885. The Kier molecular flexibility index (Phi) is 7.38. The van der Waals surface area contributed by atoms with Crippen molar-refractivity contribution in [1.82, 2.24) is 5.32 Å². The maximum Gasteiger partial charge on any atom is 0.326 e. The van der Waals surface area contributed by atoms with E-state index in [1.807, 2.05) is 0 Å². The minimum Gasteiger partial charge on any atom is -0.489 e. The molecular weight excluding hydrogens is 400 g/mol. The summed E-state index contributed by atoms with van der Waals surface area (Å²) in [6.45, 7) is 6.73. The number of urea groups is 1. The quantitative estimate of drug-likeness (QED) is 0.600. The number of halogens is 1. The number of anilines is 1. The van der Waals surface area contributed by atoms with Gasteiger partial charge in [0.05, 0.1) is 5.02 Å². The number of nitrogens with one attached hydrogen (secondary N) is 2. The maximum absolute atomic E-state index is 12.1. The van der Waals surface area contributed by atoms with Crippen LogP contribution < -0.4 is 15.4 Å². The number of hydrogen-bond acceptors (Lipinski definition) is 3. The molecule has 1 aliphatic carbocycles. The SMILES string of the molecule is CC1CCC(C(C)C)C(Oc2ccc(NC(=O)NC(=O)c3ccccc3)cc2Cl)C1. The van der Waals surface area contributed by atoms with Crippen molar-refractivity contribution in [3.05, 3.63) is 59.1 Å². The van der Waals surface area contributed by atoms with Crippen LogP contribution in [-0.2, 0) is 0 Å². The lowest BCUT2D eigenvalue weighted by atomic mass is 9.75. The van der Waals surface area contributed by atoms with Crippen molar-refractivity contribution in [1.29, 1.82) is 0 Å². The summed E-state index contributed by atoms with van der Waals surface area (Å²) in [5.41, 5.74) is 0.902. The topological polar surface area (TPSA) is 67.4 Å². The summed E-state index contributed by atoms with van der Waals surface area (Å²) in [4.78, 5) is 24.2. The van der Waals surface area contributed by atoms with Crippen LogP contribution in [0.2, 0.25) is 5.02 Å². The molecule has 2 aromatic carbocycles. The zero-order valence-electron chi connectivity index (χ0n) is 17.7. The van der Waals surface area contributed by atoms with Crippen LogP contribution in [0.15, 0.2) is 48.5 Å². The normalized spacial score (nSPS) is 21.2. The van der Waals surface area contributed by atoms with Gasteiger partial charge in [-0.1, -0.05) is 57.0 Å². The Balaban J connectivity index is 1.62. The molecule has 0 radical (unpaired) electrons. The molecule has 3 rings (SSSR count). The Morgan fingerprint density at radius 3 is 2.50 bits per heavy atom. The van der Waals surface area contributed by atoms with Crippen molar-refractivity contribution < 1.29 is 14.3 Å².